The summed E-state index contributed by atoms with van der Waals surface area (Å²) in [6.07, 6.45) is 2.50. The molecule has 0 aliphatic heterocycles. The maximum absolute atomic E-state index is 12.0. The third-order valence-electron chi connectivity index (χ3n) is 2.68. The predicted molar refractivity (Wildman–Crippen MR) is 77.2 cm³/mol. The summed E-state index contributed by atoms with van der Waals surface area (Å²) in [5.74, 6) is -1.42. The van der Waals surface area contributed by atoms with Gasteiger partial charge in [-0.2, -0.15) is 0 Å². The standard InChI is InChI=1S/C14H16BrNO3/c1-3-4-5-12(14(18)19)16-13(17)10-6-7-11(15)9(2)8-10/h3,6-8,12H,1,4-5H2,2H3,(H,16,17)(H,18,19). The van der Waals surface area contributed by atoms with Crippen LogP contribution < -0.4 is 5.32 Å². The molecule has 1 atom stereocenters. The van der Waals surface area contributed by atoms with Crippen molar-refractivity contribution in [3.8, 4) is 0 Å². The quantitative estimate of drug-likeness (QED) is 0.790. The van der Waals surface area contributed by atoms with Crippen molar-refractivity contribution >= 4 is 27.8 Å². The first-order chi connectivity index (χ1) is 8.95. The first kappa shape index (κ1) is 15.4. The molecule has 1 rings (SSSR count). The predicted octanol–water partition coefficient (Wildman–Crippen LogP) is 2.91. The van der Waals surface area contributed by atoms with Gasteiger partial charge in [-0.25, -0.2) is 4.79 Å². The third kappa shape index (κ3) is 4.52. The number of carboxylic acid groups (broad SMARTS) is 1. The molecule has 1 unspecified atom stereocenters. The molecule has 0 saturated heterocycles. The number of nitrogens with one attached hydrogen (secondary N) is 1. The smallest absolute Gasteiger partial charge is 0.326 e. The molecule has 0 bridgehead atoms. The highest BCUT2D eigenvalue weighted by Gasteiger charge is 2.19. The monoisotopic (exact) mass is 325 g/mol. The number of carbonyl (C=O) groups excluding carboxylic acids is 1. The molecule has 102 valence electrons. The van der Waals surface area contributed by atoms with Crippen LogP contribution in [-0.2, 0) is 4.79 Å². The average molecular weight is 326 g/mol. The summed E-state index contributed by atoms with van der Waals surface area (Å²) in [6, 6.07) is 4.24. The van der Waals surface area contributed by atoms with Crippen molar-refractivity contribution < 1.29 is 14.7 Å². The second-order valence-corrected chi connectivity index (χ2v) is 5.05. The molecule has 0 aromatic heterocycles. The molecule has 0 heterocycles. The van der Waals surface area contributed by atoms with Crippen molar-refractivity contribution in [2.75, 3.05) is 0 Å². The van der Waals surface area contributed by atoms with E-state index >= 15 is 0 Å². The molecule has 1 amide bonds. The van der Waals surface area contributed by atoms with Crippen molar-refractivity contribution in [1.29, 1.82) is 0 Å². The minimum absolute atomic E-state index is 0.333. The number of carboxylic acids is 1. The Labute approximate surface area is 120 Å². The summed E-state index contributed by atoms with van der Waals surface area (Å²) in [5.41, 5.74) is 1.37. The number of halogens is 1. The minimum atomic E-state index is -1.04. The van der Waals surface area contributed by atoms with E-state index in [0.29, 0.717) is 18.4 Å². The Kier molecular flexibility index (Phi) is 5.76. The van der Waals surface area contributed by atoms with Crippen LogP contribution in [0.5, 0.6) is 0 Å². The third-order valence-corrected chi connectivity index (χ3v) is 3.57. The molecule has 5 heteroatoms. The summed E-state index contributed by atoms with van der Waals surface area (Å²) in [7, 11) is 0. The normalized spacial score (nSPS) is 11.7. The SMILES string of the molecule is C=CCCC(NC(=O)c1ccc(Br)c(C)c1)C(=O)O. The van der Waals surface area contributed by atoms with E-state index in [2.05, 4.69) is 27.8 Å². The van der Waals surface area contributed by atoms with Crippen LogP contribution in [0.15, 0.2) is 35.3 Å². The Hall–Kier alpha value is -1.62. The number of rotatable bonds is 6. The van der Waals surface area contributed by atoms with Crippen molar-refractivity contribution in [2.24, 2.45) is 0 Å². The van der Waals surface area contributed by atoms with Gasteiger partial charge in [0.2, 0.25) is 0 Å². The highest BCUT2D eigenvalue weighted by molar-refractivity contribution is 9.10. The van der Waals surface area contributed by atoms with Crippen LogP contribution in [0.25, 0.3) is 0 Å². The van der Waals surface area contributed by atoms with Gasteiger partial charge in [0, 0.05) is 10.0 Å². The number of hydrogen-bond acceptors (Lipinski definition) is 2. The van der Waals surface area contributed by atoms with Crippen LogP contribution in [0.2, 0.25) is 0 Å². The van der Waals surface area contributed by atoms with Crippen molar-refractivity contribution in [2.45, 2.75) is 25.8 Å². The first-order valence-electron chi connectivity index (χ1n) is 5.86. The van der Waals surface area contributed by atoms with E-state index in [0.717, 1.165) is 10.0 Å². The summed E-state index contributed by atoms with van der Waals surface area (Å²) < 4.78 is 0.908. The maximum atomic E-state index is 12.0. The molecule has 0 fully saturated rings. The van der Waals surface area contributed by atoms with Gasteiger partial charge in [0.1, 0.15) is 6.04 Å². The van der Waals surface area contributed by atoms with Gasteiger partial charge < -0.3 is 10.4 Å². The van der Waals surface area contributed by atoms with Crippen LogP contribution >= 0.6 is 15.9 Å². The Bertz CT molecular complexity index is 499. The lowest BCUT2D eigenvalue weighted by atomic mass is 10.1. The summed E-state index contributed by atoms with van der Waals surface area (Å²) in [4.78, 5) is 23.0. The minimum Gasteiger partial charge on any atom is -0.480 e. The molecule has 1 aromatic carbocycles. The highest BCUT2D eigenvalue weighted by Crippen LogP contribution is 2.17. The zero-order chi connectivity index (χ0) is 14.4. The molecule has 1 aromatic rings. The molecule has 0 radical (unpaired) electrons. The average Bonchev–Trinajstić information content (AvgIpc) is 2.37. The number of aryl methyl sites for hydroxylation is 1. The molecule has 4 nitrogen and oxygen atoms in total. The number of carbonyl (C=O) groups is 2. The Balaban J connectivity index is 2.78. The second-order valence-electron chi connectivity index (χ2n) is 4.19. The zero-order valence-corrected chi connectivity index (χ0v) is 12.2. The van der Waals surface area contributed by atoms with Crippen LogP contribution in [0.1, 0.15) is 28.8 Å². The van der Waals surface area contributed by atoms with Gasteiger partial charge in [-0.1, -0.05) is 22.0 Å². The van der Waals surface area contributed by atoms with Gasteiger partial charge in [0.25, 0.3) is 5.91 Å². The molecule has 2 N–H and O–H groups in total. The topological polar surface area (TPSA) is 66.4 Å². The lowest BCUT2D eigenvalue weighted by molar-refractivity contribution is -0.139. The number of hydrogen-bond donors (Lipinski definition) is 2. The lowest BCUT2D eigenvalue weighted by Crippen LogP contribution is -2.40. The molecule has 0 aliphatic carbocycles. The van der Waals surface area contributed by atoms with E-state index in [-0.39, 0.29) is 5.91 Å². The van der Waals surface area contributed by atoms with Crippen LogP contribution in [0.3, 0.4) is 0 Å². The van der Waals surface area contributed by atoms with E-state index in [1.54, 1.807) is 24.3 Å². The second kappa shape index (κ2) is 7.09. The molecular weight excluding hydrogens is 310 g/mol. The largest absolute Gasteiger partial charge is 0.480 e. The number of benzene rings is 1. The van der Waals surface area contributed by atoms with Gasteiger partial charge in [-0.15, -0.1) is 6.58 Å². The van der Waals surface area contributed by atoms with Crippen LogP contribution in [0.4, 0.5) is 0 Å². The molecule has 0 saturated carbocycles. The van der Waals surface area contributed by atoms with E-state index in [1.165, 1.54) is 0 Å². The Morgan fingerprint density at radius 3 is 2.74 bits per heavy atom. The molecule has 0 spiro atoms. The van der Waals surface area contributed by atoms with E-state index in [9.17, 15) is 9.59 Å². The molecule has 19 heavy (non-hydrogen) atoms. The summed E-state index contributed by atoms with van der Waals surface area (Å²) >= 11 is 3.35. The number of allylic oxidation sites excluding steroid dienone is 1. The highest BCUT2D eigenvalue weighted by atomic mass is 79.9. The van der Waals surface area contributed by atoms with E-state index < -0.39 is 12.0 Å². The van der Waals surface area contributed by atoms with Gasteiger partial charge >= 0.3 is 5.97 Å². The first-order valence-corrected chi connectivity index (χ1v) is 6.65. The van der Waals surface area contributed by atoms with Crippen LogP contribution in [0, 0.1) is 6.92 Å². The van der Waals surface area contributed by atoms with E-state index in [4.69, 9.17) is 5.11 Å². The lowest BCUT2D eigenvalue weighted by Gasteiger charge is -2.14. The number of aliphatic carboxylic acids is 1. The van der Waals surface area contributed by atoms with Gasteiger partial charge in [-0.3, -0.25) is 4.79 Å². The number of amides is 1. The van der Waals surface area contributed by atoms with Crippen molar-refractivity contribution in [1.82, 2.24) is 5.32 Å². The van der Waals surface area contributed by atoms with Gasteiger partial charge in [0.05, 0.1) is 0 Å². The molecular formula is C14H16BrNO3. The summed E-state index contributed by atoms with van der Waals surface area (Å²) in [5, 5.41) is 11.6. The Morgan fingerprint density at radius 1 is 1.53 bits per heavy atom. The van der Waals surface area contributed by atoms with Crippen LogP contribution in [-0.4, -0.2) is 23.0 Å². The van der Waals surface area contributed by atoms with Gasteiger partial charge in [0.15, 0.2) is 0 Å². The summed E-state index contributed by atoms with van der Waals surface area (Å²) in [6.45, 7) is 5.41. The fraction of sp³-hybridized carbons (Fsp3) is 0.286. The van der Waals surface area contributed by atoms with Crippen molar-refractivity contribution in [3.63, 3.8) is 0 Å². The maximum Gasteiger partial charge on any atom is 0.326 e. The fourth-order valence-corrected chi connectivity index (χ4v) is 1.82. The Morgan fingerprint density at radius 2 is 2.21 bits per heavy atom. The molecule has 0 aliphatic rings. The van der Waals surface area contributed by atoms with E-state index in [1.807, 2.05) is 6.92 Å². The van der Waals surface area contributed by atoms with Crippen molar-refractivity contribution in [3.05, 3.63) is 46.5 Å². The van der Waals surface area contributed by atoms with Gasteiger partial charge in [-0.05, 0) is 43.5 Å². The zero-order valence-electron chi connectivity index (χ0n) is 10.6. The fourth-order valence-electron chi connectivity index (χ4n) is 1.57.